The lowest BCUT2D eigenvalue weighted by Crippen LogP contribution is -2.22. The Bertz CT molecular complexity index is 763. The number of para-hydroxylation sites is 1. The number of carboxylic acid groups (broad SMARTS) is 1. The van der Waals surface area contributed by atoms with Crippen molar-refractivity contribution in [3.8, 4) is 11.4 Å². The van der Waals surface area contributed by atoms with Gasteiger partial charge in [-0.15, -0.1) is 0 Å². The van der Waals surface area contributed by atoms with E-state index in [2.05, 4.69) is 5.10 Å². The molecular formula is C15H14N2O4. The molecule has 108 valence electrons. The van der Waals surface area contributed by atoms with E-state index >= 15 is 0 Å². The van der Waals surface area contributed by atoms with Crippen LogP contribution >= 0.6 is 0 Å². The minimum atomic E-state index is -1.16. The molecule has 6 nitrogen and oxygen atoms in total. The molecule has 0 saturated heterocycles. The third kappa shape index (κ3) is 3.17. The maximum absolute atomic E-state index is 12.0. The van der Waals surface area contributed by atoms with Crippen LogP contribution in [0.3, 0.4) is 0 Å². The Hall–Kier alpha value is -2.89. The van der Waals surface area contributed by atoms with Crippen molar-refractivity contribution in [3.05, 3.63) is 58.0 Å². The molecule has 0 aliphatic heterocycles. The fourth-order valence-corrected chi connectivity index (χ4v) is 1.92. The van der Waals surface area contributed by atoms with Crippen LogP contribution in [-0.4, -0.2) is 26.0 Å². The summed E-state index contributed by atoms with van der Waals surface area (Å²) < 4.78 is 1.15. The SMILES string of the molecule is CCc1ccccc1-n1nc(/C=C/C(=O)O)c(O)cc1=O. The highest BCUT2D eigenvalue weighted by Crippen LogP contribution is 2.16. The van der Waals surface area contributed by atoms with Gasteiger partial charge in [-0.2, -0.15) is 9.78 Å². The summed E-state index contributed by atoms with van der Waals surface area (Å²) in [5, 5.41) is 22.3. The van der Waals surface area contributed by atoms with Crippen molar-refractivity contribution in [2.45, 2.75) is 13.3 Å². The van der Waals surface area contributed by atoms with E-state index in [4.69, 9.17) is 5.11 Å². The number of carbonyl (C=O) groups is 1. The van der Waals surface area contributed by atoms with E-state index < -0.39 is 11.5 Å². The number of aryl methyl sites for hydroxylation is 1. The lowest BCUT2D eigenvalue weighted by Gasteiger charge is -2.10. The van der Waals surface area contributed by atoms with Gasteiger partial charge in [0.15, 0.2) is 0 Å². The normalized spacial score (nSPS) is 10.9. The first-order chi connectivity index (χ1) is 10.0. The Morgan fingerprint density at radius 2 is 2.10 bits per heavy atom. The highest BCUT2D eigenvalue weighted by Gasteiger charge is 2.10. The maximum Gasteiger partial charge on any atom is 0.328 e. The summed E-state index contributed by atoms with van der Waals surface area (Å²) >= 11 is 0. The Morgan fingerprint density at radius 3 is 2.76 bits per heavy atom. The molecule has 0 radical (unpaired) electrons. The number of aromatic hydroxyl groups is 1. The van der Waals surface area contributed by atoms with Gasteiger partial charge in [0.05, 0.1) is 5.69 Å². The molecule has 2 aromatic rings. The molecule has 2 rings (SSSR count). The second-order valence-electron chi connectivity index (χ2n) is 4.32. The predicted octanol–water partition coefficient (Wildman–Crippen LogP) is 1.60. The summed E-state index contributed by atoms with van der Waals surface area (Å²) in [7, 11) is 0. The van der Waals surface area contributed by atoms with Crippen LogP contribution in [0.4, 0.5) is 0 Å². The van der Waals surface area contributed by atoms with Gasteiger partial charge in [-0.05, 0) is 24.1 Å². The van der Waals surface area contributed by atoms with Crippen molar-refractivity contribution in [3.63, 3.8) is 0 Å². The first kappa shape index (κ1) is 14.5. The van der Waals surface area contributed by atoms with Crippen LogP contribution in [0.1, 0.15) is 18.2 Å². The minimum absolute atomic E-state index is 0.0166. The highest BCUT2D eigenvalue weighted by atomic mass is 16.4. The molecule has 0 unspecified atom stereocenters. The minimum Gasteiger partial charge on any atom is -0.505 e. The first-order valence-electron chi connectivity index (χ1n) is 6.35. The number of carboxylic acids is 1. The highest BCUT2D eigenvalue weighted by molar-refractivity contribution is 5.85. The summed E-state index contributed by atoms with van der Waals surface area (Å²) in [6, 6.07) is 8.28. The molecule has 0 spiro atoms. The van der Waals surface area contributed by atoms with Crippen LogP contribution in [0, 0.1) is 0 Å². The average molecular weight is 286 g/mol. The van der Waals surface area contributed by atoms with E-state index in [-0.39, 0.29) is 11.4 Å². The third-order valence-electron chi connectivity index (χ3n) is 2.92. The molecule has 0 bridgehead atoms. The Kier molecular flexibility index (Phi) is 4.18. The zero-order valence-corrected chi connectivity index (χ0v) is 11.4. The molecule has 6 heteroatoms. The number of benzene rings is 1. The van der Waals surface area contributed by atoms with Crippen molar-refractivity contribution in [1.29, 1.82) is 0 Å². The summed E-state index contributed by atoms with van der Waals surface area (Å²) in [4.78, 5) is 22.5. The van der Waals surface area contributed by atoms with E-state index in [9.17, 15) is 14.7 Å². The topological polar surface area (TPSA) is 92.4 Å². The second-order valence-corrected chi connectivity index (χ2v) is 4.32. The summed E-state index contributed by atoms with van der Waals surface area (Å²) in [6.07, 6.45) is 2.70. The standard InChI is InChI=1S/C15H14N2O4/c1-2-10-5-3-4-6-12(10)17-14(19)9-13(18)11(16-17)7-8-15(20)21/h3-9,18H,2H2,1H3,(H,20,21)/b8-7+. The first-order valence-corrected chi connectivity index (χ1v) is 6.35. The summed E-state index contributed by atoms with van der Waals surface area (Å²) in [5.41, 5.74) is 1.06. The van der Waals surface area contributed by atoms with E-state index in [1.165, 1.54) is 0 Å². The lowest BCUT2D eigenvalue weighted by atomic mass is 10.1. The molecule has 21 heavy (non-hydrogen) atoms. The third-order valence-corrected chi connectivity index (χ3v) is 2.92. The number of nitrogens with zero attached hydrogens (tertiary/aromatic N) is 2. The molecule has 2 N–H and O–H groups in total. The van der Waals surface area contributed by atoms with Crippen LogP contribution in [-0.2, 0) is 11.2 Å². The largest absolute Gasteiger partial charge is 0.505 e. The fraction of sp³-hybridized carbons (Fsp3) is 0.133. The smallest absolute Gasteiger partial charge is 0.328 e. The van der Waals surface area contributed by atoms with Gasteiger partial charge >= 0.3 is 5.97 Å². The van der Waals surface area contributed by atoms with Crippen molar-refractivity contribution < 1.29 is 15.0 Å². The molecule has 0 atom stereocenters. The number of aromatic nitrogens is 2. The van der Waals surface area contributed by atoms with E-state index in [1.807, 2.05) is 19.1 Å². The predicted molar refractivity (Wildman–Crippen MR) is 77.5 cm³/mol. The van der Waals surface area contributed by atoms with Gasteiger partial charge in [-0.25, -0.2) is 4.79 Å². The molecule has 1 aromatic carbocycles. The van der Waals surface area contributed by atoms with Gasteiger partial charge in [0.25, 0.3) is 5.56 Å². The lowest BCUT2D eigenvalue weighted by molar-refractivity contribution is -0.131. The van der Waals surface area contributed by atoms with Crippen molar-refractivity contribution in [2.75, 3.05) is 0 Å². The van der Waals surface area contributed by atoms with Gasteiger partial charge < -0.3 is 10.2 Å². The van der Waals surface area contributed by atoms with Crippen LogP contribution in [0.5, 0.6) is 5.75 Å². The van der Waals surface area contributed by atoms with Crippen LogP contribution < -0.4 is 5.56 Å². The molecule has 0 fully saturated rings. The summed E-state index contributed by atoms with van der Waals surface area (Å²) in [5.74, 6) is -1.52. The van der Waals surface area contributed by atoms with Gasteiger partial charge in [0.1, 0.15) is 11.4 Å². The Morgan fingerprint density at radius 1 is 1.38 bits per heavy atom. The van der Waals surface area contributed by atoms with Gasteiger partial charge in [-0.1, -0.05) is 25.1 Å². The van der Waals surface area contributed by atoms with E-state index in [0.29, 0.717) is 12.1 Å². The van der Waals surface area contributed by atoms with Gasteiger partial charge in [-0.3, -0.25) is 4.79 Å². The van der Waals surface area contributed by atoms with Crippen LogP contribution in [0.15, 0.2) is 41.2 Å². The molecular weight excluding hydrogens is 272 g/mol. The zero-order valence-electron chi connectivity index (χ0n) is 11.4. The van der Waals surface area contributed by atoms with E-state index in [1.54, 1.807) is 12.1 Å². The van der Waals surface area contributed by atoms with E-state index in [0.717, 1.165) is 28.5 Å². The van der Waals surface area contributed by atoms with Crippen LogP contribution in [0.2, 0.25) is 0 Å². The van der Waals surface area contributed by atoms with Gasteiger partial charge in [0, 0.05) is 12.1 Å². The molecule has 0 aliphatic rings. The molecule has 0 saturated carbocycles. The second kappa shape index (κ2) is 6.04. The quantitative estimate of drug-likeness (QED) is 0.833. The fourth-order valence-electron chi connectivity index (χ4n) is 1.92. The number of rotatable bonds is 4. The van der Waals surface area contributed by atoms with Crippen LogP contribution in [0.25, 0.3) is 11.8 Å². The number of hydrogen-bond acceptors (Lipinski definition) is 4. The summed E-state index contributed by atoms with van der Waals surface area (Å²) in [6.45, 7) is 1.95. The maximum atomic E-state index is 12.0. The van der Waals surface area contributed by atoms with Crippen molar-refractivity contribution in [2.24, 2.45) is 0 Å². The molecule has 0 amide bonds. The molecule has 0 aliphatic carbocycles. The van der Waals surface area contributed by atoms with Crippen molar-refractivity contribution in [1.82, 2.24) is 9.78 Å². The molecule has 1 aromatic heterocycles. The Labute approximate surface area is 120 Å². The number of aliphatic carboxylic acids is 1. The van der Waals surface area contributed by atoms with Gasteiger partial charge in [0.2, 0.25) is 0 Å². The average Bonchev–Trinajstić information content (AvgIpc) is 2.46. The zero-order chi connectivity index (χ0) is 15.4. The van der Waals surface area contributed by atoms with Crippen molar-refractivity contribution >= 4 is 12.0 Å². The monoisotopic (exact) mass is 286 g/mol. The number of hydrogen-bond donors (Lipinski definition) is 2. The Balaban J connectivity index is 2.61. The molecule has 1 heterocycles.